The Balaban J connectivity index is 2.21. The minimum Gasteiger partial charge on any atom is -0.384 e. The number of alkyl halides is 1. The van der Waals surface area contributed by atoms with Crippen molar-refractivity contribution in [3.63, 3.8) is 0 Å². The normalized spacial score (nSPS) is 23.2. The van der Waals surface area contributed by atoms with Crippen molar-refractivity contribution in [2.24, 2.45) is 11.3 Å². The first kappa shape index (κ1) is 22.0. The van der Waals surface area contributed by atoms with E-state index in [2.05, 4.69) is 5.32 Å². The molecule has 0 spiro atoms. The first-order chi connectivity index (χ1) is 12.5. The zero-order chi connectivity index (χ0) is 20.4. The van der Waals surface area contributed by atoms with Gasteiger partial charge in [-0.15, -0.1) is 11.6 Å². The predicted octanol–water partition coefficient (Wildman–Crippen LogP) is 3.17. The molecule has 27 heavy (non-hydrogen) atoms. The van der Waals surface area contributed by atoms with Crippen LogP contribution < -0.4 is 5.32 Å². The van der Waals surface area contributed by atoms with Gasteiger partial charge >= 0.3 is 0 Å². The molecule has 2 N–H and O–H groups in total. The van der Waals surface area contributed by atoms with Crippen molar-refractivity contribution in [2.45, 2.75) is 45.8 Å². The molecule has 5 nitrogen and oxygen atoms in total. The number of aliphatic hydroxyl groups is 1. The molecule has 2 rings (SSSR count). The number of halogens is 2. The summed E-state index contributed by atoms with van der Waals surface area (Å²) in [6.07, 6.45) is 0.404. The van der Waals surface area contributed by atoms with Crippen molar-refractivity contribution >= 4 is 35.0 Å². The van der Waals surface area contributed by atoms with Gasteiger partial charge in [-0.3, -0.25) is 9.59 Å². The summed E-state index contributed by atoms with van der Waals surface area (Å²) in [6.45, 7) is 8.45. The lowest BCUT2D eigenvalue weighted by Gasteiger charge is -2.51. The Hall–Kier alpha value is -1.30. The molecule has 1 aliphatic heterocycles. The molecule has 0 aliphatic carbocycles. The summed E-state index contributed by atoms with van der Waals surface area (Å²) in [5.74, 6) is -0.754. The van der Waals surface area contributed by atoms with E-state index in [1.807, 2.05) is 39.8 Å². The number of amides is 2. The van der Waals surface area contributed by atoms with E-state index in [0.29, 0.717) is 24.5 Å². The first-order valence-corrected chi connectivity index (χ1v) is 10.1. The van der Waals surface area contributed by atoms with Crippen LogP contribution >= 0.6 is 23.2 Å². The molecule has 1 aromatic rings. The van der Waals surface area contributed by atoms with Gasteiger partial charge in [0.05, 0.1) is 5.60 Å². The monoisotopic (exact) mass is 414 g/mol. The number of carbonyl (C=O) groups excluding carboxylic acids is 2. The smallest absolute Gasteiger partial charge is 0.245 e. The van der Waals surface area contributed by atoms with Crippen LogP contribution in [0.2, 0.25) is 5.02 Å². The lowest BCUT2D eigenvalue weighted by atomic mass is 9.66. The maximum Gasteiger partial charge on any atom is 0.245 e. The maximum absolute atomic E-state index is 13.0. The third kappa shape index (κ3) is 4.58. The predicted molar refractivity (Wildman–Crippen MR) is 108 cm³/mol. The highest BCUT2D eigenvalue weighted by atomic mass is 35.5. The fourth-order valence-electron chi connectivity index (χ4n) is 3.69. The van der Waals surface area contributed by atoms with Crippen LogP contribution in [-0.4, -0.2) is 46.8 Å². The Morgan fingerprint density at radius 2 is 1.85 bits per heavy atom. The lowest BCUT2D eigenvalue weighted by molar-refractivity contribution is -0.156. The standard InChI is InChI=1S/C20H28Cl2N2O3/c1-13(2)17(23-16(25)11-21)18(26)24-10-9-20(27,19(3,4)12-24)14-5-7-15(22)8-6-14/h5-8,13,17,27H,9-12H2,1-4H3,(H,23,25). The molecule has 150 valence electrons. The molecular formula is C20H28Cl2N2O3. The Labute approximate surface area is 171 Å². The van der Waals surface area contributed by atoms with E-state index < -0.39 is 17.1 Å². The molecule has 1 aromatic carbocycles. The van der Waals surface area contributed by atoms with E-state index in [4.69, 9.17) is 23.2 Å². The average molecular weight is 415 g/mol. The summed E-state index contributed by atoms with van der Waals surface area (Å²) in [4.78, 5) is 26.5. The minimum atomic E-state index is -1.07. The Bertz CT molecular complexity index is 691. The van der Waals surface area contributed by atoms with E-state index in [0.717, 1.165) is 5.56 Å². The fraction of sp³-hybridized carbons (Fsp3) is 0.600. The highest BCUT2D eigenvalue weighted by Gasteiger charge is 2.50. The summed E-state index contributed by atoms with van der Waals surface area (Å²) in [6, 6.07) is 6.56. The molecule has 0 aromatic heterocycles. The molecule has 1 saturated heterocycles. The van der Waals surface area contributed by atoms with Crippen LogP contribution in [0.3, 0.4) is 0 Å². The van der Waals surface area contributed by atoms with Gasteiger partial charge in [0.2, 0.25) is 11.8 Å². The third-order valence-corrected chi connectivity index (χ3v) is 5.95. The highest BCUT2D eigenvalue weighted by molar-refractivity contribution is 6.30. The van der Waals surface area contributed by atoms with Crippen LogP contribution in [-0.2, 0) is 15.2 Å². The molecule has 0 saturated carbocycles. The van der Waals surface area contributed by atoms with Crippen LogP contribution in [0.1, 0.15) is 39.7 Å². The lowest BCUT2D eigenvalue weighted by Crippen LogP contribution is -2.60. The van der Waals surface area contributed by atoms with Crippen molar-refractivity contribution in [3.8, 4) is 0 Å². The van der Waals surface area contributed by atoms with E-state index >= 15 is 0 Å². The number of hydrogen-bond donors (Lipinski definition) is 2. The summed E-state index contributed by atoms with van der Waals surface area (Å²) in [7, 11) is 0. The van der Waals surface area contributed by atoms with E-state index in [1.165, 1.54) is 0 Å². The van der Waals surface area contributed by atoms with Crippen LogP contribution in [0.15, 0.2) is 24.3 Å². The molecular weight excluding hydrogens is 387 g/mol. The van der Waals surface area contributed by atoms with Crippen LogP contribution in [0.25, 0.3) is 0 Å². The van der Waals surface area contributed by atoms with Gasteiger partial charge in [-0.2, -0.15) is 0 Å². The molecule has 2 amide bonds. The first-order valence-electron chi connectivity index (χ1n) is 9.14. The number of nitrogens with zero attached hydrogens (tertiary/aromatic N) is 1. The fourth-order valence-corrected chi connectivity index (χ4v) is 3.90. The molecule has 7 heteroatoms. The van der Waals surface area contributed by atoms with Crippen LogP contribution in [0, 0.1) is 11.3 Å². The zero-order valence-corrected chi connectivity index (χ0v) is 17.8. The van der Waals surface area contributed by atoms with Crippen LogP contribution in [0.5, 0.6) is 0 Å². The Morgan fingerprint density at radius 3 is 2.33 bits per heavy atom. The molecule has 0 radical (unpaired) electrons. The number of carbonyl (C=O) groups is 2. The van der Waals surface area contributed by atoms with Gasteiger partial charge < -0.3 is 15.3 Å². The number of likely N-dealkylation sites (tertiary alicyclic amines) is 1. The van der Waals surface area contributed by atoms with Gasteiger partial charge in [0.1, 0.15) is 11.9 Å². The Kier molecular flexibility index (Phi) is 6.82. The maximum atomic E-state index is 13.0. The second kappa shape index (κ2) is 8.38. The van der Waals surface area contributed by atoms with E-state index in [1.54, 1.807) is 17.0 Å². The SMILES string of the molecule is CC(C)C(NC(=O)CCl)C(=O)N1CCC(O)(c2ccc(Cl)cc2)C(C)(C)C1. The van der Waals surface area contributed by atoms with Gasteiger partial charge in [-0.25, -0.2) is 0 Å². The van der Waals surface area contributed by atoms with Crippen LogP contribution in [0.4, 0.5) is 0 Å². The number of piperidine rings is 1. The molecule has 1 fully saturated rings. The van der Waals surface area contributed by atoms with Crippen molar-refractivity contribution < 1.29 is 14.7 Å². The molecule has 2 unspecified atom stereocenters. The molecule has 0 bridgehead atoms. The van der Waals surface area contributed by atoms with Gasteiger partial charge in [0, 0.05) is 23.5 Å². The number of rotatable bonds is 5. The van der Waals surface area contributed by atoms with Crippen molar-refractivity contribution in [1.29, 1.82) is 0 Å². The van der Waals surface area contributed by atoms with Crippen molar-refractivity contribution in [2.75, 3.05) is 19.0 Å². The zero-order valence-electron chi connectivity index (χ0n) is 16.3. The van der Waals surface area contributed by atoms with Gasteiger partial charge in [-0.1, -0.05) is 51.4 Å². The topological polar surface area (TPSA) is 69.6 Å². The molecule has 2 atom stereocenters. The summed E-state index contributed by atoms with van der Waals surface area (Å²) in [5, 5.41) is 14.7. The highest BCUT2D eigenvalue weighted by Crippen LogP contribution is 2.46. The average Bonchev–Trinajstić information content (AvgIpc) is 2.61. The number of benzene rings is 1. The van der Waals surface area contributed by atoms with E-state index in [9.17, 15) is 14.7 Å². The quantitative estimate of drug-likeness (QED) is 0.726. The van der Waals surface area contributed by atoms with E-state index in [-0.39, 0.29) is 23.6 Å². The largest absolute Gasteiger partial charge is 0.384 e. The van der Waals surface area contributed by atoms with Crippen molar-refractivity contribution in [1.82, 2.24) is 10.2 Å². The number of hydrogen-bond acceptors (Lipinski definition) is 3. The molecule has 1 aliphatic rings. The van der Waals surface area contributed by atoms with Gasteiger partial charge in [0.15, 0.2) is 0 Å². The molecule has 1 heterocycles. The summed E-state index contributed by atoms with van der Waals surface area (Å²) < 4.78 is 0. The minimum absolute atomic E-state index is 0.0649. The van der Waals surface area contributed by atoms with Crippen molar-refractivity contribution in [3.05, 3.63) is 34.9 Å². The van der Waals surface area contributed by atoms with Gasteiger partial charge in [0.25, 0.3) is 0 Å². The second-order valence-corrected chi connectivity index (χ2v) is 8.89. The summed E-state index contributed by atoms with van der Waals surface area (Å²) >= 11 is 11.5. The second-order valence-electron chi connectivity index (χ2n) is 8.18. The van der Waals surface area contributed by atoms with Gasteiger partial charge in [-0.05, 0) is 30.0 Å². The third-order valence-electron chi connectivity index (χ3n) is 5.45. The number of nitrogens with one attached hydrogen (secondary N) is 1. The Morgan fingerprint density at radius 1 is 1.26 bits per heavy atom. The summed E-state index contributed by atoms with van der Waals surface area (Å²) in [5.41, 5.74) is -0.853.